The van der Waals surface area contributed by atoms with E-state index in [1.54, 1.807) is 13.2 Å². The van der Waals surface area contributed by atoms with Crippen molar-refractivity contribution in [2.75, 3.05) is 40.5 Å². The largest absolute Gasteiger partial charge is 0.504 e. The van der Waals surface area contributed by atoms with Gasteiger partial charge in [-0.05, 0) is 95.5 Å². The lowest BCUT2D eigenvalue weighted by Gasteiger charge is -2.37. The van der Waals surface area contributed by atoms with Crippen molar-refractivity contribution in [1.82, 2.24) is 9.80 Å². The number of likely N-dealkylation sites (tertiary alicyclic amines) is 2. The molecule has 2 saturated heterocycles. The highest BCUT2D eigenvalue weighted by atomic mass is 127. The van der Waals surface area contributed by atoms with Crippen molar-refractivity contribution in [3.8, 4) is 11.5 Å². The standard InChI is InChI=1S/C37H47IN2O7/c1-4-23(16-25-17-30(38)35(43)32(18-25)47-3)10-11-31(42)33-26(22-46-2)19-28-34(29(33)21-41)37(45)40(36(28)44)27-12-14-39(15-13-27)20-24-8-6-5-7-9-24/h5-9,16-18,27-29,31,34,41-43H,4,10-15,19-22H2,1-3H3/b23-16+/t28-,29+,31-,34-/m1/s1. The third-order valence-electron chi connectivity index (χ3n) is 10.1. The number of fused-ring (bicyclic) bond motifs is 1. The molecule has 0 aromatic heterocycles. The Hall–Kier alpha value is -2.77. The molecule has 1 aliphatic carbocycles. The van der Waals surface area contributed by atoms with Gasteiger partial charge in [0.15, 0.2) is 11.5 Å². The van der Waals surface area contributed by atoms with E-state index in [0.29, 0.717) is 34.2 Å². The van der Waals surface area contributed by atoms with Crippen LogP contribution in [0.3, 0.4) is 0 Å². The molecule has 3 N–H and O–H groups in total. The number of rotatable bonds is 13. The average molecular weight is 759 g/mol. The van der Waals surface area contributed by atoms with Gasteiger partial charge in [0.05, 0.1) is 41.8 Å². The van der Waals surface area contributed by atoms with Gasteiger partial charge in [0.1, 0.15) is 0 Å². The van der Waals surface area contributed by atoms with Crippen molar-refractivity contribution in [2.24, 2.45) is 17.8 Å². The molecule has 0 bridgehead atoms. The third-order valence-corrected chi connectivity index (χ3v) is 10.9. The lowest BCUT2D eigenvalue weighted by Crippen LogP contribution is -2.47. The second-order valence-corrected chi connectivity index (χ2v) is 14.1. The lowest BCUT2D eigenvalue weighted by atomic mass is 9.68. The van der Waals surface area contributed by atoms with Crippen LogP contribution in [0.25, 0.3) is 6.08 Å². The Kier molecular flexibility index (Phi) is 12.2. The molecular formula is C37H47IN2O7. The van der Waals surface area contributed by atoms with Crippen LogP contribution in [0.4, 0.5) is 0 Å². The molecule has 2 heterocycles. The van der Waals surface area contributed by atoms with Gasteiger partial charge in [-0.15, -0.1) is 0 Å². The maximum Gasteiger partial charge on any atom is 0.234 e. The number of ether oxygens (including phenoxy) is 2. The van der Waals surface area contributed by atoms with Crippen LogP contribution in [-0.4, -0.2) is 89.6 Å². The molecule has 2 aromatic rings. The van der Waals surface area contributed by atoms with Gasteiger partial charge in [-0.3, -0.25) is 19.4 Å². The molecule has 0 radical (unpaired) electrons. The van der Waals surface area contributed by atoms with Gasteiger partial charge in [0.2, 0.25) is 11.8 Å². The number of carbonyl (C=O) groups is 2. The number of piperidine rings is 1. The Morgan fingerprint density at radius 3 is 2.47 bits per heavy atom. The van der Waals surface area contributed by atoms with Crippen molar-refractivity contribution in [3.05, 3.63) is 73.9 Å². The van der Waals surface area contributed by atoms with Gasteiger partial charge in [-0.1, -0.05) is 48.9 Å². The fourth-order valence-corrected chi connectivity index (χ4v) is 8.35. The molecule has 47 heavy (non-hydrogen) atoms. The molecule has 4 atom stereocenters. The van der Waals surface area contributed by atoms with Crippen molar-refractivity contribution >= 4 is 40.5 Å². The van der Waals surface area contributed by atoms with Gasteiger partial charge < -0.3 is 24.8 Å². The number of halogens is 1. The van der Waals surface area contributed by atoms with Crippen LogP contribution in [0, 0.1) is 21.3 Å². The highest BCUT2D eigenvalue weighted by Gasteiger charge is 2.56. The summed E-state index contributed by atoms with van der Waals surface area (Å²) in [5.74, 6) is -1.75. The van der Waals surface area contributed by atoms with Gasteiger partial charge in [0, 0.05) is 38.7 Å². The number of amides is 2. The fraction of sp³-hybridized carbons (Fsp3) is 0.514. The predicted octanol–water partition coefficient (Wildman–Crippen LogP) is 5.16. The quantitative estimate of drug-likeness (QED) is 0.146. The minimum Gasteiger partial charge on any atom is -0.504 e. The summed E-state index contributed by atoms with van der Waals surface area (Å²) in [4.78, 5) is 31.8. The predicted molar refractivity (Wildman–Crippen MR) is 189 cm³/mol. The van der Waals surface area contributed by atoms with Crippen LogP contribution in [0.1, 0.15) is 56.6 Å². The molecule has 2 fully saturated rings. The molecule has 3 aliphatic rings. The molecule has 2 amide bonds. The first kappa shape index (κ1) is 35.5. The molecule has 5 rings (SSSR count). The Bertz CT molecular complexity index is 1490. The topological polar surface area (TPSA) is 120 Å². The third kappa shape index (κ3) is 7.77. The Morgan fingerprint density at radius 1 is 1.11 bits per heavy atom. The van der Waals surface area contributed by atoms with Crippen molar-refractivity contribution < 1.29 is 34.4 Å². The molecule has 2 aromatic carbocycles. The number of phenolic OH excluding ortho intramolecular Hbond substituents is 1. The minimum absolute atomic E-state index is 0.106. The van der Waals surface area contributed by atoms with Crippen LogP contribution in [0.5, 0.6) is 11.5 Å². The van der Waals surface area contributed by atoms with Gasteiger partial charge in [0.25, 0.3) is 0 Å². The van der Waals surface area contributed by atoms with E-state index in [-0.39, 0.29) is 36.8 Å². The number of imide groups is 1. The van der Waals surface area contributed by atoms with E-state index in [2.05, 4.69) is 46.5 Å². The summed E-state index contributed by atoms with van der Waals surface area (Å²) in [7, 11) is 3.10. The average Bonchev–Trinajstić information content (AvgIpc) is 3.33. The fourth-order valence-electron chi connectivity index (χ4n) is 7.72. The molecule has 9 nitrogen and oxygen atoms in total. The summed E-state index contributed by atoms with van der Waals surface area (Å²) >= 11 is 2.07. The molecule has 254 valence electrons. The first-order valence-corrected chi connectivity index (χ1v) is 17.7. The summed E-state index contributed by atoms with van der Waals surface area (Å²) in [6, 6.07) is 13.8. The molecule has 2 aliphatic heterocycles. The molecule has 0 spiro atoms. The second kappa shape index (κ2) is 16.1. The maximum atomic E-state index is 14.1. The van der Waals surface area contributed by atoms with Crippen LogP contribution in [0.15, 0.2) is 59.2 Å². The number of aliphatic hydroxyl groups is 2. The Balaban J connectivity index is 1.30. The van der Waals surface area contributed by atoms with Crippen molar-refractivity contribution in [1.29, 1.82) is 0 Å². The number of hydrogen-bond donors (Lipinski definition) is 3. The number of nitrogens with zero attached hydrogens (tertiary/aromatic N) is 2. The summed E-state index contributed by atoms with van der Waals surface area (Å²) in [5.41, 5.74) is 4.70. The van der Waals surface area contributed by atoms with Crippen LogP contribution >= 0.6 is 22.6 Å². The number of allylic oxidation sites excluding steroid dienone is 1. The SMILES string of the molecule is CC/C(=C\c1cc(I)c(O)c(OC)c1)CC[C@@H](O)C1=C(COC)C[C@H]2C(=O)N(C3CCN(Cc4ccccc4)CC3)C(=O)[C@H]2[C@H]1CO. The van der Waals surface area contributed by atoms with Crippen LogP contribution in [-0.2, 0) is 20.9 Å². The molecular weight excluding hydrogens is 711 g/mol. The van der Waals surface area contributed by atoms with Crippen LogP contribution < -0.4 is 4.74 Å². The van der Waals surface area contributed by atoms with E-state index in [1.807, 2.05) is 30.3 Å². The first-order chi connectivity index (χ1) is 22.7. The van der Waals surface area contributed by atoms with Gasteiger partial charge >= 0.3 is 0 Å². The van der Waals surface area contributed by atoms with E-state index < -0.39 is 23.9 Å². The number of phenols is 1. The normalized spacial score (nSPS) is 23.4. The van der Waals surface area contributed by atoms with E-state index >= 15 is 0 Å². The zero-order chi connectivity index (χ0) is 33.7. The number of carbonyl (C=O) groups excluding carboxylic acids is 2. The smallest absolute Gasteiger partial charge is 0.234 e. The maximum absolute atomic E-state index is 14.1. The number of methoxy groups -OCH3 is 2. The minimum atomic E-state index is -0.902. The summed E-state index contributed by atoms with van der Waals surface area (Å²) in [6.07, 6.45) is 4.68. The molecule has 0 unspecified atom stereocenters. The lowest BCUT2D eigenvalue weighted by molar-refractivity contribution is -0.144. The highest BCUT2D eigenvalue weighted by Crippen LogP contribution is 2.47. The Morgan fingerprint density at radius 2 is 1.83 bits per heavy atom. The van der Waals surface area contributed by atoms with Crippen LogP contribution in [0.2, 0.25) is 0 Å². The number of aromatic hydroxyl groups is 1. The summed E-state index contributed by atoms with van der Waals surface area (Å²) in [6.45, 7) is 4.41. The van der Waals surface area contributed by atoms with E-state index in [9.17, 15) is 24.9 Å². The van der Waals surface area contributed by atoms with Crippen molar-refractivity contribution in [3.63, 3.8) is 0 Å². The second-order valence-electron chi connectivity index (χ2n) is 12.9. The van der Waals surface area contributed by atoms with Gasteiger partial charge in [-0.2, -0.15) is 0 Å². The van der Waals surface area contributed by atoms with E-state index in [4.69, 9.17) is 9.47 Å². The zero-order valence-corrected chi connectivity index (χ0v) is 29.7. The van der Waals surface area contributed by atoms with Crippen molar-refractivity contribution in [2.45, 2.75) is 64.1 Å². The molecule has 10 heteroatoms. The number of hydrogen-bond acceptors (Lipinski definition) is 8. The highest BCUT2D eigenvalue weighted by molar-refractivity contribution is 14.1. The van der Waals surface area contributed by atoms with E-state index in [1.165, 1.54) is 17.6 Å². The van der Waals surface area contributed by atoms with E-state index in [0.717, 1.165) is 55.6 Å². The first-order valence-electron chi connectivity index (χ1n) is 16.6. The zero-order valence-electron chi connectivity index (χ0n) is 27.5. The van der Waals surface area contributed by atoms with Gasteiger partial charge in [-0.25, -0.2) is 0 Å². The number of benzene rings is 2. The molecule has 0 saturated carbocycles. The Labute approximate surface area is 291 Å². The summed E-state index contributed by atoms with van der Waals surface area (Å²) in [5, 5.41) is 32.6. The number of aliphatic hydroxyl groups excluding tert-OH is 2. The summed E-state index contributed by atoms with van der Waals surface area (Å²) < 4.78 is 11.5. The monoisotopic (exact) mass is 758 g/mol.